The van der Waals surface area contributed by atoms with Crippen LogP contribution in [0.2, 0.25) is 5.02 Å². The summed E-state index contributed by atoms with van der Waals surface area (Å²) in [5.41, 5.74) is 1.54. The first kappa shape index (κ1) is 20.8. The van der Waals surface area contributed by atoms with Crippen LogP contribution in [0.3, 0.4) is 0 Å². The molecule has 0 bridgehead atoms. The number of nitrogens with one attached hydrogen (secondary N) is 3. The molecule has 0 saturated carbocycles. The van der Waals surface area contributed by atoms with Gasteiger partial charge in [0.1, 0.15) is 5.52 Å². The van der Waals surface area contributed by atoms with E-state index >= 15 is 0 Å². The van der Waals surface area contributed by atoms with Gasteiger partial charge in [0.05, 0.1) is 9.92 Å². The zero-order valence-electron chi connectivity index (χ0n) is 16.1. The molecule has 10 heteroatoms. The monoisotopic (exact) mass is 458 g/mol. The average Bonchev–Trinajstić information content (AvgIpc) is 3.13. The molecular weight excluding hydrogens is 443 g/mol. The predicted octanol–water partition coefficient (Wildman–Crippen LogP) is 4.78. The SMILES string of the molecule is CC(=O)Nc1ccc(S(=O)(=O)Nc2n[nH]c3c(F)c(Cl)c(-c4ccccc4)cc23)cc1. The lowest BCUT2D eigenvalue weighted by Crippen LogP contribution is -2.13. The normalized spacial score (nSPS) is 11.5. The summed E-state index contributed by atoms with van der Waals surface area (Å²) in [6.07, 6.45) is 0. The molecule has 0 atom stereocenters. The van der Waals surface area contributed by atoms with E-state index in [1.807, 2.05) is 6.07 Å². The number of aromatic nitrogens is 2. The standard InChI is InChI=1S/C21H16ClFN4O3S/c1-12(28)24-14-7-9-15(10-8-14)31(29,30)27-21-17-11-16(13-5-3-2-4-6-13)18(22)19(23)20(17)25-26-21/h2-11H,1H3,(H,24,28)(H2,25,26,27). The molecule has 1 heterocycles. The van der Waals surface area contributed by atoms with Crippen LogP contribution < -0.4 is 10.0 Å². The highest BCUT2D eigenvalue weighted by molar-refractivity contribution is 7.92. The third-order valence-electron chi connectivity index (χ3n) is 4.54. The lowest BCUT2D eigenvalue weighted by Gasteiger charge is -2.09. The van der Waals surface area contributed by atoms with Crippen LogP contribution in [0.5, 0.6) is 0 Å². The number of nitrogens with zero attached hydrogens (tertiary/aromatic N) is 1. The van der Waals surface area contributed by atoms with Crippen molar-refractivity contribution in [2.24, 2.45) is 0 Å². The number of H-pyrrole nitrogens is 1. The lowest BCUT2D eigenvalue weighted by atomic mass is 10.0. The van der Waals surface area contributed by atoms with E-state index in [1.165, 1.54) is 31.2 Å². The molecule has 0 aliphatic heterocycles. The van der Waals surface area contributed by atoms with Gasteiger partial charge in [-0.05, 0) is 35.9 Å². The third kappa shape index (κ3) is 4.10. The minimum Gasteiger partial charge on any atom is -0.326 e. The number of benzene rings is 3. The van der Waals surface area contributed by atoms with Gasteiger partial charge in [0.25, 0.3) is 10.0 Å². The van der Waals surface area contributed by atoms with Crippen molar-refractivity contribution in [3.05, 3.63) is 71.5 Å². The number of aromatic amines is 1. The van der Waals surface area contributed by atoms with Gasteiger partial charge in [0.15, 0.2) is 11.6 Å². The Balaban J connectivity index is 1.73. The van der Waals surface area contributed by atoms with Crippen LogP contribution in [0.15, 0.2) is 65.6 Å². The Kier molecular flexibility index (Phi) is 5.38. The summed E-state index contributed by atoms with van der Waals surface area (Å²) >= 11 is 6.20. The Morgan fingerprint density at radius 3 is 2.42 bits per heavy atom. The van der Waals surface area contributed by atoms with Gasteiger partial charge in [-0.2, -0.15) is 5.10 Å². The van der Waals surface area contributed by atoms with Gasteiger partial charge < -0.3 is 5.32 Å². The van der Waals surface area contributed by atoms with Crippen molar-refractivity contribution in [2.45, 2.75) is 11.8 Å². The largest absolute Gasteiger partial charge is 0.326 e. The van der Waals surface area contributed by atoms with Crippen molar-refractivity contribution in [3.8, 4) is 11.1 Å². The molecule has 1 aromatic heterocycles. The van der Waals surface area contributed by atoms with Crippen molar-refractivity contribution in [1.29, 1.82) is 0 Å². The highest BCUT2D eigenvalue weighted by Crippen LogP contribution is 2.37. The number of sulfonamides is 1. The first-order valence-electron chi connectivity index (χ1n) is 9.08. The predicted molar refractivity (Wildman–Crippen MR) is 118 cm³/mol. The molecule has 0 aliphatic rings. The highest BCUT2D eigenvalue weighted by Gasteiger charge is 2.22. The molecule has 158 valence electrons. The Labute approximate surface area is 182 Å². The summed E-state index contributed by atoms with van der Waals surface area (Å²) in [5.74, 6) is -1.06. The molecule has 3 aromatic carbocycles. The second-order valence-corrected chi connectivity index (χ2v) is 8.78. The molecule has 0 aliphatic carbocycles. The number of amides is 1. The number of halogens is 2. The van der Waals surface area contributed by atoms with E-state index in [9.17, 15) is 17.6 Å². The van der Waals surface area contributed by atoms with E-state index in [0.717, 1.165) is 0 Å². The number of carbonyl (C=O) groups is 1. The lowest BCUT2D eigenvalue weighted by molar-refractivity contribution is -0.114. The summed E-state index contributed by atoms with van der Waals surface area (Å²) in [6.45, 7) is 1.35. The maximum Gasteiger partial charge on any atom is 0.263 e. The molecule has 3 N–H and O–H groups in total. The van der Waals surface area contributed by atoms with Gasteiger partial charge in [-0.15, -0.1) is 0 Å². The van der Waals surface area contributed by atoms with Crippen molar-refractivity contribution < 1.29 is 17.6 Å². The van der Waals surface area contributed by atoms with E-state index in [0.29, 0.717) is 16.8 Å². The topological polar surface area (TPSA) is 104 Å². The van der Waals surface area contributed by atoms with Crippen molar-refractivity contribution >= 4 is 49.9 Å². The smallest absolute Gasteiger partial charge is 0.263 e. The van der Waals surface area contributed by atoms with Crippen molar-refractivity contribution in [3.63, 3.8) is 0 Å². The molecule has 0 fully saturated rings. The van der Waals surface area contributed by atoms with Crippen LogP contribution in [0.4, 0.5) is 15.9 Å². The molecule has 7 nitrogen and oxygen atoms in total. The highest BCUT2D eigenvalue weighted by atomic mass is 35.5. The van der Waals surface area contributed by atoms with Crippen molar-refractivity contribution in [1.82, 2.24) is 10.2 Å². The summed E-state index contributed by atoms with van der Waals surface area (Å²) in [4.78, 5) is 11.1. The van der Waals surface area contributed by atoms with E-state index in [-0.39, 0.29) is 32.5 Å². The van der Waals surface area contributed by atoms with E-state index in [4.69, 9.17) is 11.6 Å². The molecule has 31 heavy (non-hydrogen) atoms. The second kappa shape index (κ2) is 8.01. The number of fused-ring (bicyclic) bond motifs is 1. The van der Waals surface area contributed by atoms with Gasteiger partial charge in [-0.1, -0.05) is 41.9 Å². The molecule has 1 amide bonds. The molecule has 4 aromatic rings. The fourth-order valence-electron chi connectivity index (χ4n) is 3.11. The Bertz CT molecular complexity index is 1390. The van der Waals surface area contributed by atoms with Gasteiger partial charge in [-0.3, -0.25) is 14.6 Å². The van der Waals surface area contributed by atoms with Gasteiger partial charge in [-0.25, -0.2) is 12.8 Å². The number of rotatable bonds is 5. The molecule has 0 saturated heterocycles. The van der Waals surface area contributed by atoms with E-state index in [1.54, 1.807) is 30.3 Å². The third-order valence-corrected chi connectivity index (χ3v) is 6.27. The summed E-state index contributed by atoms with van der Waals surface area (Å²) in [6, 6.07) is 16.1. The quantitative estimate of drug-likeness (QED) is 0.400. The Morgan fingerprint density at radius 1 is 1.10 bits per heavy atom. The number of carbonyl (C=O) groups excluding carboxylic acids is 1. The first-order chi connectivity index (χ1) is 14.8. The average molecular weight is 459 g/mol. The molecule has 0 unspecified atom stereocenters. The van der Waals surface area contributed by atoms with Crippen LogP contribution in [-0.2, 0) is 14.8 Å². The summed E-state index contributed by atoms with van der Waals surface area (Å²) in [7, 11) is -4.02. The fourth-order valence-corrected chi connectivity index (χ4v) is 4.39. The van der Waals surface area contributed by atoms with Crippen LogP contribution in [0.1, 0.15) is 6.92 Å². The molecule has 0 radical (unpaired) electrons. The van der Waals surface area contributed by atoms with Crippen LogP contribution in [0.25, 0.3) is 22.0 Å². The molecule has 0 spiro atoms. The number of hydrogen-bond donors (Lipinski definition) is 3. The number of anilines is 2. The van der Waals surface area contributed by atoms with Crippen LogP contribution in [0, 0.1) is 5.82 Å². The maximum atomic E-state index is 14.8. The zero-order valence-corrected chi connectivity index (χ0v) is 17.7. The minimum absolute atomic E-state index is 0.0108. The summed E-state index contributed by atoms with van der Waals surface area (Å²) in [5, 5.41) is 9.13. The minimum atomic E-state index is -4.02. The number of hydrogen-bond acceptors (Lipinski definition) is 4. The van der Waals surface area contributed by atoms with E-state index in [2.05, 4.69) is 20.2 Å². The van der Waals surface area contributed by atoms with Crippen molar-refractivity contribution in [2.75, 3.05) is 10.0 Å². The van der Waals surface area contributed by atoms with Gasteiger partial charge >= 0.3 is 0 Å². The van der Waals surface area contributed by atoms with Crippen LogP contribution in [-0.4, -0.2) is 24.5 Å². The maximum absolute atomic E-state index is 14.8. The van der Waals surface area contributed by atoms with E-state index < -0.39 is 15.8 Å². The summed E-state index contributed by atoms with van der Waals surface area (Å²) < 4.78 is 42.8. The Morgan fingerprint density at radius 2 is 1.77 bits per heavy atom. The van der Waals surface area contributed by atoms with Gasteiger partial charge in [0.2, 0.25) is 5.91 Å². The van der Waals surface area contributed by atoms with Gasteiger partial charge in [0, 0.05) is 23.6 Å². The first-order valence-corrected chi connectivity index (χ1v) is 10.9. The molecule has 4 rings (SSSR count). The molecular formula is C21H16ClFN4O3S. The Hall–Kier alpha value is -3.43. The zero-order chi connectivity index (χ0) is 22.2. The second-order valence-electron chi connectivity index (χ2n) is 6.72. The van der Waals surface area contributed by atoms with Crippen LogP contribution >= 0.6 is 11.6 Å². The fraction of sp³-hybridized carbons (Fsp3) is 0.0476.